The Kier molecular flexibility index (Phi) is 3.75. The zero-order chi connectivity index (χ0) is 13.8. The number of epoxide rings is 1. The molecule has 1 atom stereocenters. The van der Waals surface area contributed by atoms with E-state index in [2.05, 4.69) is 0 Å². The van der Waals surface area contributed by atoms with Crippen LogP contribution in [-0.2, 0) is 4.74 Å². The minimum atomic E-state index is 0.0879. The van der Waals surface area contributed by atoms with Crippen LogP contribution >= 0.6 is 0 Å². The molecule has 2 aromatic carbocycles. The van der Waals surface area contributed by atoms with Gasteiger partial charge in [0.25, 0.3) is 0 Å². The Hall–Kier alpha value is -2.19. The number of carbonyl (C=O) groups is 1. The van der Waals surface area contributed by atoms with E-state index in [0.717, 1.165) is 23.3 Å². The number of hydrogen-bond donors (Lipinski definition) is 0. The lowest BCUT2D eigenvalue weighted by atomic mass is 9.97. The molecule has 0 N–H and O–H groups in total. The normalized spacial score (nSPS) is 17.8. The fraction of sp³-hybridized carbons (Fsp3) is 0.167. The van der Waals surface area contributed by atoms with Gasteiger partial charge in [0.1, 0.15) is 0 Å². The summed E-state index contributed by atoms with van der Waals surface area (Å²) in [5.41, 5.74) is 2.59. The highest BCUT2D eigenvalue weighted by Gasteiger charge is 2.26. The Balaban J connectivity index is 1.90. The van der Waals surface area contributed by atoms with Gasteiger partial charge < -0.3 is 4.74 Å². The van der Waals surface area contributed by atoms with Crippen molar-refractivity contribution in [3.63, 3.8) is 0 Å². The van der Waals surface area contributed by atoms with Gasteiger partial charge in [-0.1, -0.05) is 60.7 Å². The first-order valence-corrected chi connectivity index (χ1v) is 6.80. The first-order valence-electron chi connectivity index (χ1n) is 6.80. The van der Waals surface area contributed by atoms with E-state index in [4.69, 9.17) is 4.74 Å². The second-order valence-corrected chi connectivity index (χ2v) is 4.93. The van der Waals surface area contributed by atoms with Crippen molar-refractivity contribution in [1.82, 2.24) is 0 Å². The molecule has 0 aromatic heterocycles. The van der Waals surface area contributed by atoms with Crippen molar-refractivity contribution >= 4 is 11.9 Å². The van der Waals surface area contributed by atoms with Gasteiger partial charge in [-0.3, -0.25) is 4.79 Å². The molecule has 1 heterocycles. The largest absolute Gasteiger partial charge is 0.373 e. The Morgan fingerprint density at radius 2 is 1.65 bits per heavy atom. The number of hydrogen-bond acceptors (Lipinski definition) is 2. The van der Waals surface area contributed by atoms with Crippen LogP contribution in [0.1, 0.15) is 22.3 Å². The summed E-state index contributed by atoms with van der Waals surface area (Å²) in [5.74, 6) is 0.0879. The van der Waals surface area contributed by atoms with Crippen LogP contribution in [0, 0.1) is 0 Å². The summed E-state index contributed by atoms with van der Waals surface area (Å²) in [7, 11) is 0. The predicted octanol–water partition coefficient (Wildman–Crippen LogP) is 3.74. The maximum atomic E-state index is 12.6. The molecule has 1 fully saturated rings. The molecule has 0 spiro atoms. The molecule has 0 bridgehead atoms. The number of carbonyl (C=O) groups excluding carboxylic acids is 1. The van der Waals surface area contributed by atoms with Gasteiger partial charge >= 0.3 is 0 Å². The topological polar surface area (TPSA) is 29.6 Å². The summed E-state index contributed by atoms with van der Waals surface area (Å²) in [6, 6.07) is 19.3. The van der Waals surface area contributed by atoms with Crippen LogP contribution in [0.2, 0.25) is 0 Å². The third-order valence-corrected chi connectivity index (χ3v) is 3.32. The number of Topliss-reactive ketones (excluding diaryl/α,β-unsaturated/α-hetero) is 1. The highest BCUT2D eigenvalue weighted by Crippen LogP contribution is 2.24. The average Bonchev–Trinajstić information content (AvgIpc) is 3.32. The number of benzene rings is 2. The number of ether oxygens (including phenoxy) is 1. The van der Waals surface area contributed by atoms with E-state index in [1.807, 2.05) is 66.7 Å². The Bertz CT molecular complexity index is 610. The van der Waals surface area contributed by atoms with Crippen LogP contribution in [0.4, 0.5) is 0 Å². The quantitative estimate of drug-likeness (QED) is 0.467. The van der Waals surface area contributed by atoms with Crippen LogP contribution < -0.4 is 0 Å². The van der Waals surface area contributed by atoms with E-state index in [0.29, 0.717) is 6.42 Å². The molecule has 3 rings (SSSR count). The molecular weight excluding hydrogens is 248 g/mol. The van der Waals surface area contributed by atoms with E-state index in [9.17, 15) is 4.79 Å². The van der Waals surface area contributed by atoms with Crippen molar-refractivity contribution in [3.8, 4) is 0 Å². The lowest BCUT2D eigenvalue weighted by Crippen LogP contribution is -2.06. The van der Waals surface area contributed by atoms with Gasteiger partial charge in [-0.15, -0.1) is 0 Å². The zero-order valence-corrected chi connectivity index (χ0v) is 11.2. The average molecular weight is 264 g/mol. The minimum absolute atomic E-state index is 0.0879. The third-order valence-electron chi connectivity index (χ3n) is 3.32. The summed E-state index contributed by atoms with van der Waals surface area (Å²) in [4.78, 5) is 12.6. The predicted molar refractivity (Wildman–Crippen MR) is 79.5 cm³/mol. The van der Waals surface area contributed by atoms with Gasteiger partial charge in [0.2, 0.25) is 0 Å². The molecule has 1 unspecified atom stereocenters. The summed E-state index contributed by atoms with van der Waals surface area (Å²) in [6.45, 7) is 0.758. The first kappa shape index (κ1) is 12.8. The number of rotatable bonds is 5. The third kappa shape index (κ3) is 3.22. The molecule has 100 valence electrons. The molecular formula is C18H16O2. The van der Waals surface area contributed by atoms with Crippen molar-refractivity contribution in [3.05, 3.63) is 77.4 Å². The van der Waals surface area contributed by atoms with Crippen molar-refractivity contribution in [2.45, 2.75) is 12.5 Å². The first-order chi connectivity index (χ1) is 9.83. The molecule has 1 saturated heterocycles. The van der Waals surface area contributed by atoms with Crippen LogP contribution in [0.25, 0.3) is 6.08 Å². The fourth-order valence-corrected chi connectivity index (χ4v) is 2.17. The van der Waals surface area contributed by atoms with Gasteiger partial charge in [-0.25, -0.2) is 0 Å². The molecule has 2 aromatic rings. The van der Waals surface area contributed by atoms with Crippen molar-refractivity contribution < 1.29 is 9.53 Å². The van der Waals surface area contributed by atoms with Gasteiger partial charge in [-0.05, 0) is 11.6 Å². The Labute approximate surface area is 118 Å². The fourth-order valence-electron chi connectivity index (χ4n) is 2.17. The maximum absolute atomic E-state index is 12.6. The van der Waals surface area contributed by atoms with Gasteiger partial charge in [0.15, 0.2) is 5.78 Å². The Morgan fingerprint density at radius 3 is 2.25 bits per heavy atom. The van der Waals surface area contributed by atoms with Crippen molar-refractivity contribution in [2.24, 2.45) is 0 Å². The molecule has 1 aliphatic rings. The van der Waals surface area contributed by atoms with E-state index < -0.39 is 0 Å². The van der Waals surface area contributed by atoms with Crippen LogP contribution in [0.15, 0.2) is 66.2 Å². The standard InChI is InChI=1S/C18H16O2/c19-18(15-9-5-2-6-10-15)16(12-17-13-20-17)11-14-7-3-1-4-8-14/h1-11,17H,12-13H2. The summed E-state index contributed by atoms with van der Waals surface area (Å²) in [5, 5.41) is 0. The minimum Gasteiger partial charge on any atom is -0.373 e. The van der Waals surface area contributed by atoms with Crippen LogP contribution in [0.5, 0.6) is 0 Å². The smallest absolute Gasteiger partial charge is 0.189 e. The van der Waals surface area contributed by atoms with E-state index >= 15 is 0 Å². The lowest BCUT2D eigenvalue weighted by Gasteiger charge is -2.06. The molecule has 2 nitrogen and oxygen atoms in total. The maximum Gasteiger partial charge on any atom is 0.189 e. The summed E-state index contributed by atoms with van der Waals surface area (Å²) >= 11 is 0. The van der Waals surface area contributed by atoms with Gasteiger partial charge in [0, 0.05) is 17.6 Å². The molecule has 0 radical (unpaired) electrons. The molecule has 0 aliphatic carbocycles. The van der Waals surface area contributed by atoms with Crippen LogP contribution in [-0.4, -0.2) is 18.5 Å². The molecule has 1 aliphatic heterocycles. The molecule has 0 saturated carbocycles. The second-order valence-electron chi connectivity index (χ2n) is 4.93. The molecule has 2 heteroatoms. The highest BCUT2D eigenvalue weighted by molar-refractivity contribution is 6.11. The van der Waals surface area contributed by atoms with Gasteiger partial charge in [-0.2, -0.15) is 0 Å². The van der Waals surface area contributed by atoms with E-state index in [1.165, 1.54) is 0 Å². The zero-order valence-electron chi connectivity index (χ0n) is 11.2. The van der Waals surface area contributed by atoms with E-state index in [-0.39, 0.29) is 11.9 Å². The molecule has 20 heavy (non-hydrogen) atoms. The van der Waals surface area contributed by atoms with E-state index in [1.54, 1.807) is 0 Å². The second kappa shape index (κ2) is 5.85. The van der Waals surface area contributed by atoms with Gasteiger partial charge in [0.05, 0.1) is 12.7 Å². The SMILES string of the molecule is O=C(C(=Cc1ccccc1)CC1CO1)c1ccccc1. The van der Waals surface area contributed by atoms with Crippen molar-refractivity contribution in [2.75, 3.05) is 6.61 Å². The summed E-state index contributed by atoms with van der Waals surface area (Å²) < 4.78 is 5.27. The monoisotopic (exact) mass is 264 g/mol. The summed E-state index contributed by atoms with van der Waals surface area (Å²) in [6.07, 6.45) is 2.86. The molecule has 0 amide bonds. The number of ketones is 1. The van der Waals surface area contributed by atoms with Crippen molar-refractivity contribution in [1.29, 1.82) is 0 Å². The Morgan fingerprint density at radius 1 is 1.05 bits per heavy atom. The highest BCUT2D eigenvalue weighted by atomic mass is 16.6. The van der Waals surface area contributed by atoms with Crippen LogP contribution in [0.3, 0.4) is 0 Å². The lowest BCUT2D eigenvalue weighted by molar-refractivity contribution is 0.103.